The second-order valence-electron chi connectivity index (χ2n) is 16.4. The van der Waals surface area contributed by atoms with Crippen molar-refractivity contribution in [2.24, 2.45) is 4.99 Å². The zero-order valence-electron chi connectivity index (χ0n) is 35.8. The molecule has 2 aliphatic carbocycles. The van der Waals surface area contributed by atoms with Crippen molar-refractivity contribution in [3.8, 4) is 56.2 Å². The van der Waals surface area contributed by atoms with Crippen LogP contribution >= 0.6 is 0 Å². The summed E-state index contributed by atoms with van der Waals surface area (Å²) in [5.74, 6) is 1.43. The van der Waals surface area contributed by atoms with Crippen LogP contribution in [0.15, 0.2) is 224 Å². The van der Waals surface area contributed by atoms with Crippen LogP contribution in [0.25, 0.3) is 67.6 Å². The van der Waals surface area contributed by atoms with E-state index in [9.17, 15) is 0 Å². The van der Waals surface area contributed by atoms with Gasteiger partial charge in [0, 0.05) is 33.5 Å². The largest absolute Gasteiger partial charge is 0.339 e. The van der Waals surface area contributed by atoms with Gasteiger partial charge in [-0.2, -0.15) is 0 Å². The summed E-state index contributed by atoms with van der Waals surface area (Å²) in [6, 6.07) is 73.0. The van der Waals surface area contributed by atoms with Crippen LogP contribution in [0.4, 0.5) is 0 Å². The lowest BCUT2D eigenvalue weighted by atomic mass is 9.70. The molecule has 0 fully saturated rings. The molecule has 304 valence electrons. The Hall–Kier alpha value is -8.21. The fraction of sp³-hybridized carbons (Fsp3) is 0.0500. The second kappa shape index (κ2) is 15.9. The summed E-state index contributed by atoms with van der Waals surface area (Å²) in [6.07, 6.45) is 2.13. The first-order valence-corrected chi connectivity index (χ1v) is 21.8. The molecule has 4 heteroatoms. The predicted octanol–water partition coefficient (Wildman–Crippen LogP) is 14.2. The molecule has 1 N–H and O–H groups in total. The van der Waals surface area contributed by atoms with Crippen molar-refractivity contribution in [3.63, 3.8) is 0 Å². The van der Waals surface area contributed by atoms with E-state index in [-0.39, 0.29) is 0 Å². The lowest BCUT2D eigenvalue weighted by Crippen LogP contribution is -2.26. The normalized spacial score (nSPS) is 13.2. The third-order valence-electron chi connectivity index (χ3n) is 12.8. The Kier molecular flexibility index (Phi) is 9.62. The second-order valence-corrected chi connectivity index (χ2v) is 16.4. The monoisotopic (exact) mass is 820 g/mol. The Bertz CT molecular complexity index is 3270. The molecule has 2 aliphatic rings. The van der Waals surface area contributed by atoms with Crippen LogP contribution in [-0.4, -0.2) is 15.8 Å². The number of nitrogens with zero attached hydrogens (tertiary/aromatic N) is 3. The summed E-state index contributed by atoms with van der Waals surface area (Å²) in [7, 11) is 0. The molecule has 0 saturated carbocycles. The zero-order chi connectivity index (χ0) is 43.2. The van der Waals surface area contributed by atoms with Gasteiger partial charge in [-0.1, -0.05) is 207 Å². The first-order chi connectivity index (χ1) is 31.5. The smallest absolute Gasteiger partial charge is 0.160 e. The van der Waals surface area contributed by atoms with Crippen LogP contribution in [0, 0.1) is 6.92 Å². The van der Waals surface area contributed by atoms with E-state index in [0.717, 1.165) is 61.9 Å². The molecule has 0 bridgehead atoms. The topological polar surface area (TPSA) is 50.2 Å². The molecule has 0 radical (unpaired) electrons. The van der Waals surface area contributed by atoms with Crippen molar-refractivity contribution in [1.29, 1.82) is 0 Å². The highest BCUT2D eigenvalue weighted by Gasteiger charge is 2.51. The lowest BCUT2D eigenvalue weighted by Gasteiger charge is -2.30. The fourth-order valence-electron chi connectivity index (χ4n) is 9.88. The molecule has 0 unspecified atom stereocenters. The molecule has 11 rings (SSSR count). The Balaban J connectivity index is 1.11. The minimum atomic E-state index is -0.506. The van der Waals surface area contributed by atoms with E-state index in [1.54, 1.807) is 0 Å². The van der Waals surface area contributed by atoms with Gasteiger partial charge in [0.2, 0.25) is 0 Å². The van der Waals surface area contributed by atoms with E-state index in [2.05, 4.69) is 165 Å². The molecular weight excluding hydrogens is 777 g/mol. The number of benzene rings is 8. The van der Waals surface area contributed by atoms with E-state index < -0.39 is 5.41 Å². The highest BCUT2D eigenvalue weighted by atomic mass is 15.0. The summed E-state index contributed by atoms with van der Waals surface area (Å²) >= 11 is 0. The molecule has 0 amide bonds. The minimum Gasteiger partial charge on any atom is -0.339 e. The van der Waals surface area contributed by atoms with Crippen LogP contribution in [0.3, 0.4) is 0 Å². The summed E-state index contributed by atoms with van der Waals surface area (Å²) in [6.45, 7) is 8.60. The molecule has 4 nitrogen and oxygen atoms in total. The van der Waals surface area contributed by atoms with Crippen molar-refractivity contribution in [2.45, 2.75) is 19.3 Å². The molecule has 1 spiro atoms. The zero-order valence-corrected chi connectivity index (χ0v) is 35.8. The number of fused-ring (bicyclic) bond motifs is 10. The number of aromatic nitrogens is 2. The van der Waals surface area contributed by atoms with Gasteiger partial charge in [0.15, 0.2) is 5.82 Å². The number of nitrogens with one attached hydrogen (secondary N) is 1. The van der Waals surface area contributed by atoms with Gasteiger partial charge in [0.25, 0.3) is 0 Å². The average molecular weight is 821 g/mol. The van der Waals surface area contributed by atoms with Gasteiger partial charge >= 0.3 is 0 Å². The van der Waals surface area contributed by atoms with E-state index in [1.807, 2.05) is 72.8 Å². The van der Waals surface area contributed by atoms with Crippen molar-refractivity contribution < 1.29 is 0 Å². The minimum absolute atomic E-state index is 0.506. The van der Waals surface area contributed by atoms with E-state index in [4.69, 9.17) is 15.0 Å². The van der Waals surface area contributed by atoms with Gasteiger partial charge in [-0.25, -0.2) is 15.0 Å². The van der Waals surface area contributed by atoms with Crippen molar-refractivity contribution in [3.05, 3.63) is 263 Å². The van der Waals surface area contributed by atoms with Crippen LogP contribution in [0.5, 0.6) is 0 Å². The third kappa shape index (κ3) is 6.34. The van der Waals surface area contributed by atoms with Gasteiger partial charge in [-0.05, 0) is 81.6 Å². The van der Waals surface area contributed by atoms with Gasteiger partial charge in [-0.15, -0.1) is 0 Å². The lowest BCUT2D eigenvalue weighted by molar-refractivity contribution is 0.793. The first-order valence-electron chi connectivity index (χ1n) is 21.8. The van der Waals surface area contributed by atoms with Crippen LogP contribution in [0.1, 0.15) is 51.4 Å². The van der Waals surface area contributed by atoms with E-state index in [1.165, 1.54) is 44.5 Å². The molecule has 8 aromatic carbocycles. The molecule has 0 aliphatic heterocycles. The highest BCUT2D eigenvalue weighted by molar-refractivity contribution is 6.06. The Morgan fingerprint density at radius 2 is 0.969 bits per heavy atom. The Morgan fingerprint density at radius 3 is 1.58 bits per heavy atom. The van der Waals surface area contributed by atoms with Crippen LogP contribution in [0.2, 0.25) is 0 Å². The molecule has 9 aromatic rings. The fourth-order valence-corrected chi connectivity index (χ4v) is 9.88. The SMILES string of the molecule is C=C(N=C(N/C(=C/C)c1ccc2c(c1)-c1cc(-c3nc(-c4ccccc4)nc(-c4ccccc4)c3C)ccc1C21c2ccccc2-c2ccccc21)c1ccccc1)c1ccccc1. The molecule has 1 heterocycles. The molecule has 1 aromatic heterocycles. The average Bonchev–Trinajstić information content (AvgIpc) is 3.83. The number of amidine groups is 1. The Morgan fingerprint density at radius 1 is 0.484 bits per heavy atom. The van der Waals surface area contributed by atoms with Gasteiger partial charge in [-0.3, -0.25) is 0 Å². The van der Waals surface area contributed by atoms with Crippen molar-refractivity contribution in [2.75, 3.05) is 0 Å². The molecular formula is C60H44N4. The summed E-state index contributed by atoms with van der Waals surface area (Å²) in [5, 5.41) is 3.77. The summed E-state index contributed by atoms with van der Waals surface area (Å²) in [4.78, 5) is 15.7. The van der Waals surface area contributed by atoms with Crippen LogP contribution < -0.4 is 5.32 Å². The highest BCUT2D eigenvalue weighted by Crippen LogP contribution is 2.63. The summed E-state index contributed by atoms with van der Waals surface area (Å²) < 4.78 is 0. The van der Waals surface area contributed by atoms with Crippen molar-refractivity contribution >= 4 is 17.2 Å². The van der Waals surface area contributed by atoms with Gasteiger partial charge < -0.3 is 5.32 Å². The van der Waals surface area contributed by atoms with Gasteiger partial charge in [0.1, 0.15) is 5.84 Å². The standard InChI is InChI=1S/C60H44N4/c1-4-55(62-58(43-25-13-7-14-26-43)61-40(3)41-21-9-5-10-22-41)45-33-35-53-49(37-45)50-38-46(34-36-54(50)60(53)51-31-19-17-29-47(51)48-30-18-20-32-52(48)60)57-39(2)56(42-23-11-6-12-24-42)63-59(64-57)44-27-15-8-16-28-44/h4-38H,3H2,1-2H3,(H,61,62)/b55-4+. The quantitative estimate of drug-likeness (QED) is 0.123. The Labute approximate surface area is 374 Å². The number of hydrogen-bond acceptors (Lipinski definition) is 3. The molecule has 64 heavy (non-hydrogen) atoms. The van der Waals surface area contributed by atoms with E-state index in [0.29, 0.717) is 11.5 Å². The first kappa shape index (κ1) is 38.7. The van der Waals surface area contributed by atoms with Crippen LogP contribution in [-0.2, 0) is 5.41 Å². The number of hydrogen-bond donors (Lipinski definition) is 1. The predicted molar refractivity (Wildman–Crippen MR) is 265 cm³/mol. The van der Waals surface area contributed by atoms with Gasteiger partial charge in [0.05, 0.1) is 22.5 Å². The van der Waals surface area contributed by atoms with Crippen molar-refractivity contribution in [1.82, 2.24) is 15.3 Å². The third-order valence-corrected chi connectivity index (χ3v) is 12.8. The maximum Gasteiger partial charge on any atom is 0.160 e. The number of aliphatic imine (C=N–C) groups is 1. The molecule has 0 atom stereocenters. The number of allylic oxidation sites excluding steroid dienone is 1. The summed E-state index contributed by atoms with van der Waals surface area (Å²) in [5.41, 5.74) is 20.1. The maximum absolute atomic E-state index is 5.36. The maximum atomic E-state index is 5.36. The van der Waals surface area contributed by atoms with E-state index >= 15 is 0 Å². The number of rotatable bonds is 8. The molecule has 0 saturated heterocycles.